The van der Waals surface area contributed by atoms with Crippen molar-refractivity contribution in [3.05, 3.63) is 53.6 Å². The van der Waals surface area contributed by atoms with E-state index in [9.17, 15) is 9.59 Å². The highest BCUT2D eigenvalue weighted by atomic mass is 16.5. The lowest BCUT2D eigenvalue weighted by atomic mass is 9.78. The summed E-state index contributed by atoms with van der Waals surface area (Å²) in [4.78, 5) is 28.2. The molecule has 6 nitrogen and oxygen atoms in total. The maximum Gasteiger partial charge on any atom is 0.291 e. The molecule has 2 amide bonds. The number of nitrogens with one attached hydrogen (secondary N) is 3. The van der Waals surface area contributed by atoms with E-state index in [0.29, 0.717) is 6.04 Å². The minimum atomic E-state index is -0.834. The molecule has 0 radical (unpaired) electrons. The van der Waals surface area contributed by atoms with Crippen LogP contribution in [0.25, 0.3) is 0 Å². The van der Waals surface area contributed by atoms with Crippen LogP contribution in [-0.4, -0.2) is 31.5 Å². The maximum atomic E-state index is 13.5. The lowest BCUT2D eigenvalue weighted by molar-refractivity contribution is -0.947. The lowest BCUT2D eigenvalue weighted by Crippen LogP contribution is -3.19. The quantitative estimate of drug-likeness (QED) is 0.747. The van der Waals surface area contributed by atoms with Gasteiger partial charge in [0, 0.05) is 30.5 Å². The number of ether oxygens (including phenoxy) is 1. The van der Waals surface area contributed by atoms with Gasteiger partial charge in [-0.05, 0) is 43.3 Å². The zero-order chi connectivity index (χ0) is 20.2. The first-order chi connectivity index (χ1) is 14.0. The van der Waals surface area contributed by atoms with Crippen molar-refractivity contribution in [3.63, 3.8) is 0 Å². The van der Waals surface area contributed by atoms with E-state index in [2.05, 4.69) is 16.7 Å². The van der Waals surface area contributed by atoms with Gasteiger partial charge in [0.1, 0.15) is 11.7 Å². The number of amides is 2. The summed E-state index contributed by atoms with van der Waals surface area (Å²) in [7, 11) is 1.62. The van der Waals surface area contributed by atoms with Crippen molar-refractivity contribution in [2.75, 3.05) is 24.3 Å². The van der Waals surface area contributed by atoms with Crippen molar-refractivity contribution in [1.29, 1.82) is 0 Å². The maximum absolute atomic E-state index is 13.5. The van der Waals surface area contributed by atoms with Crippen LogP contribution in [0, 0.1) is 12.8 Å². The third-order valence-corrected chi connectivity index (χ3v) is 6.92. The number of carbonyl (C=O) groups excluding carboxylic acids is 2. The monoisotopic (exact) mass is 392 g/mol. The summed E-state index contributed by atoms with van der Waals surface area (Å²) in [5, 5.41) is 6.13. The van der Waals surface area contributed by atoms with Gasteiger partial charge in [-0.1, -0.05) is 11.6 Å². The normalized spacial score (nSPS) is 29.4. The molecule has 0 bridgehead atoms. The predicted octanol–water partition coefficient (Wildman–Crippen LogP) is 1.86. The molecule has 3 aliphatic rings. The number of quaternary nitrogens is 1. The van der Waals surface area contributed by atoms with Gasteiger partial charge in [0.05, 0.1) is 25.4 Å². The van der Waals surface area contributed by atoms with Crippen molar-refractivity contribution >= 4 is 23.2 Å². The summed E-state index contributed by atoms with van der Waals surface area (Å²) in [6.45, 7) is 2.97. The minimum Gasteiger partial charge on any atom is -0.497 e. The largest absolute Gasteiger partial charge is 0.497 e. The topological polar surface area (TPSA) is 71.9 Å². The van der Waals surface area contributed by atoms with E-state index in [1.165, 1.54) is 4.90 Å². The second-order valence-corrected chi connectivity index (χ2v) is 8.43. The summed E-state index contributed by atoms with van der Waals surface area (Å²) in [5.41, 5.74) is 2.82. The third kappa shape index (κ3) is 2.59. The second-order valence-electron chi connectivity index (χ2n) is 8.43. The van der Waals surface area contributed by atoms with Crippen LogP contribution >= 0.6 is 0 Å². The Morgan fingerprint density at radius 1 is 1.24 bits per heavy atom. The molecule has 29 heavy (non-hydrogen) atoms. The van der Waals surface area contributed by atoms with Crippen LogP contribution in [0.5, 0.6) is 5.75 Å². The summed E-state index contributed by atoms with van der Waals surface area (Å²) >= 11 is 0. The fraction of sp³-hybridized carbons (Fsp3) is 0.391. The molecule has 2 saturated heterocycles. The molecule has 1 unspecified atom stereocenters. The molecule has 3 heterocycles. The Balaban J connectivity index is 1.55. The Hall–Kier alpha value is -2.86. The Morgan fingerprint density at radius 3 is 2.79 bits per heavy atom. The fourth-order valence-electron chi connectivity index (χ4n) is 5.69. The molecule has 6 heteroatoms. The molecule has 2 aromatic carbocycles. The van der Waals surface area contributed by atoms with Gasteiger partial charge < -0.3 is 20.3 Å². The summed E-state index contributed by atoms with van der Waals surface area (Å²) in [6.07, 6.45) is 2.90. The number of methoxy groups -OCH3 is 1. The van der Waals surface area contributed by atoms with Crippen molar-refractivity contribution < 1.29 is 19.2 Å². The molecule has 0 aromatic heterocycles. The van der Waals surface area contributed by atoms with Crippen molar-refractivity contribution in [2.45, 2.75) is 37.8 Å². The van der Waals surface area contributed by atoms with Gasteiger partial charge in [-0.15, -0.1) is 0 Å². The number of carbonyl (C=O) groups is 2. The zero-order valence-corrected chi connectivity index (χ0v) is 16.7. The molecule has 3 N–H and O–H groups in total. The molecule has 2 aromatic rings. The molecule has 4 atom stereocenters. The van der Waals surface area contributed by atoms with Gasteiger partial charge >= 0.3 is 0 Å². The van der Waals surface area contributed by atoms with E-state index in [1.54, 1.807) is 7.11 Å². The molecule has 1 spiro atoms. The molecular formula is C23H26N3O3+. The highest BCUT2D eigenvalue weighted by Gasteiger charge is 2.69. The van der Waals surface area contributed by atoms with E-state index in [-0.39, 0.29) is 11.8 Å². The van der Waals surface area contributed by atoms with E-state index in [1.807, 2.05) is 43.3 Å². The Bertz CT molecular complexity index is 987. The highest BCUT2D eigenvalue weighted by molar-refractivity contribution is 6.09. The van der Waals surface area contributed by atoms with E-state index < -0.39 is 11.5 Å². The van der Waals surface area contributed by atoms with E-state index in [4.69, 9.17) is 4.74 Å². The van der Waals surface area contributed by atoms with Crippen LogP contribution in [0.3, 0.4) is 0 Å². The smallest absolute Gasteiger partial charge is 0.291 e. The van der Waals surface area contributed by atoms with Crippen LogP contribution in [0.15, 0.2) is 42.5 Å². The van der Waals surface area contributed by atoms with Crippen LogP contribution < -0.4 is 20.3 Å². The molecule has 0 aliphatic carbocycles. The molecule has 150 valence electrons. The second kappa shape index (κ2) is 6.59. The molecule has 0 saturated carbocycles. The Morgan fingerprint density at radius 2 is 2.03 bits per heavy atom. The first-order valence-electron chi connectivity index (χ1n) is 10.3. The Kier molecular flexibility index (Phi) is 4.13. The van der Waals surface area contributed by atoms with Gasteiger partial charge in [-0.2, -0.15) is 0 Å². The summed E-state index contributed by atoms with van der Waals surface area (Å²) in [5.74, 6) is 0.229. The molecule has 2 fully saturated rings. The zero-order valence-electron chi connectivity index (χ0n) is 16.7. The number of benzene rings is 2. The van der Waals surface area contributed by atoms with Crippen molar-refractivity contribution in [2.24, 2.45) is 5.92 Å². The standard InChI is InChI=1S/C23H25N3O3/c1-14-5-10-20-18(12-14)23(22(28)25-20)19(13-16-4-3-11-26(16)23)21(27)24-15-6-8-17(29-2)9-7-15/h5-10,12,16,19H,3-4,11,13H2,1-2H3,(H,24,27)(H,25,28)/p+1/t16-,19+,23-/m0/s1. The third-order valence-electron chi connectivity index (χ3n) is 6.92. The molecule has 3 aliphatic heterocycles. The number of aryl methyl sites for hydroxylation is 1. The minimum absolute atomic E-state index is 0.0348. The van der Waals surface area contributed by atoms with E-state index in [0.717, 1.165) is 54.1 Å². The number of fused-ring (bicyclic) bond motifs is 4. The van der Waals surface area contributed by atoms with Crippen LogP contribution in [0.4, 0.5) is 11.4 Å². The summed E-state index contributed by atoms with van der Waals surface area (Å²) < 4.78 is 5.20. The van der Waals surface area contributed by atoms with Crippen LogP contribution in [0.2, 0.25) is 0 Å². The number of hydrogen-bond acceptors (Lipinski definition) is 3. The van der Waals surface area contributed by atoms with Crippen molar-refractivity contribution in [3.8, 4) is 5.75 Å². The van der Waals surface area contributed by atoms with Gasteiger partial charge in [0.2, 0.25) is 11.4 Å². The number of hydrogen-bond donors (Lipinski definition) is 3. The van der Waals surface area contributed by atoms with E-state index >= 15 is 0 Å². The van der Waals surface area contributed by atoms with Crippen molar-refractivity contribution in [1.82, 2.24) is 0 Å². The lowest BCUT2D eigenvalue weighted by Gasteiger charge is -2.33. The van der Waals surface area contributed by atoms with Gasteiger partial charge in [-0.3, -0.25) is 9.59 Å². The SMILES string of the molecule is COc1ccc(NC(=O)[C@H]2C[C@@H]3CCC[NH+]3[C@]23C(=O)Nc2ccc(C)cc23)cc1. The highest BCUT2D eigenvalue weighted by Crippen LogP contribution is 2.46. The first-order valence-corrected chi connectivity index (χ1v) is 10.3. The van der Waals surface area contributed by atoms with Gasteiger partial charge in [0.15, 0.2) is 0 Å². The summed E-state index contributed by atoms with van der Waals surface area (Å²) in [6, 6.07) is 13.7. The predicted molar refractivity (Wildman–Crippen MR) is 110 cm³/mol. The average Bonchev–Trinajstić information content (AvgIpc) is 3.37. The molecule has 5 rings (SSSR count). The van der Waals surface area contributed by atoms with Gasteiger partial charge in [0.25, 0.3) is 5.91 Å². The van der Waals surface area contributed by atoms with Crippen LogP contribution in [-0.2, 0) is 15.1 Å². The average molecular weight is 392 g/mol. The Labute approximate surface area is 170 Å². The first kappa shape index (κ1) is 18.2. The van der Waals surface area contributed by atoms with Gasteiger partial charge in [-0.25, -0.2) is 0 Å². The molecular weight excluding hydrogens is 366 g/mol. The number of rotatable bonds is 3. The fourth-order valence-corrected chi connectivity index (χ4v) is 5.69. The number of anilines is 2. The van der Waals surface area contributed by atoms with Crippen LogP contribution in [0.1, 0.15) is 30.4 Å².